The summed E-state index contributed by atoms with van der Waals surface area (Å²) in [6, 6.07) is 3.55. The fourth-order valence-electron chi connectivity index (χ4n) is 3.10. The molecule has 150 valence electrons. The smallest absolute Gasteiger partial charge is 0.271 e. The molecule has 0 aliphatic carbocycles. The summed E-state index contributed by atoms with van der Waals surface area (Å²) in [6.45, 7) is 5.02. The average molecular weight is 413 g/mol. The Morgan fingerprint density at radius 2 is 2.10 bits per heavy atom. The molecular weight excluding hydrogens is 392 g/mol. The molecule has 1 amide bonds. The number of aromatic nitrogens is 7. The highest BCUT2D eigenvalue weighted by Gasteiger charge is 2.16. The van der Waals surface area contributed by atoms with E-state index in [2.05, 4.69) is 25.6 Å². The van der Waals surface area contributed by atoms with Crippen LogP contribution < -0.4 is 5.32 Å². The lowest BCUT2D eigenvalue weighted by molar-refractivity contribution is 0.0947. The van der Waals surface area contributed by atoms with Crippen LogP contribution in [0.25, 0.3) is 16.9 Å². The first-order valence-electron chi connectivity index (χ1n) is 9.25. The van der Waals surface area contributed by atoms with Gasteiger partial charge >= 0.3 is 0 Å². The molecule has 0 saturated carbocycles. The van der Waals surface area contributed by atoms with E-state index >= 15 is 0 Å². The van der Waals surface area contributed by atoms with Crippen molar-refractivity contribution >= 4 is 23.2 Å². The van der Waals surface area contributed by atoms with E-state index in [1.165, 1.54) is 0 Å². The highest BCUT2D eigenvalue weighted by molar-refractivity contribution is 6.31. The maximum Gasteiger partial charge on any atom is 0.271 e. The first kappa shape index (κ1) is 19.1. The van der Waals surface area contributed by atoms with Crippen LogP contribution in [0.5, 0.6) is 0 Å². The van der Waals surface area contributed by atoms with E-state index in [0.717, 1.165) is 29.1 Å². The molecular formula is C19H21ClN8O. The Morgan fingerprint density at radius 1 is 1.28 bits per heavy atom. The van der Waals surface area contributed by atoms with E-state index in [-0.39, 0.29) is 5.91 Å². The number of aryl methyl sites for hydroxylation is 3. The van der Waals surface area contributed by atoms with Gasteiger partial charge in [0.2, 0.25) is 0 Å². The Labute approximate surface area is 172 Å². The van der Waals surface area contributed by atoms with Gasteiger partial charge in [0, 0.05) is 49.9 Å². The number of nitrogens with one attached hydrogen (secondary N) is 1. The Balaban J connectivity index is 1.46. The second-order valence-corrected chi connectivity index (χ2v) is 7.24. The number of carbonyl (C=O) groups excluding carboxylic acids is 1. The van der Waals surface area contributed by atoms with Crippen LogP contribution >= 0.6 is 11.6 Å². The number of halogens is 1. The SMILES string of the molecule is Cc1nn(CCCNC(=O)c2cc3nccc(-c4cnn(C)c4C)n3n2)cc1Cl. The van der Waals surface area contributed by atoms with Crippen molar-refractivity contribution in [2.75, 3.05) is 6.54 Å². The molecule has 1 N–H and O–H groups in total. The standard InChI is InChI=1S/C19H21ClN8O/c1-12-15(20)11-27(24-12)8-4-6-22-19(29)16-9-18-21-7-5-17(28(18)25-16)14-10-23-26(3)13(14)2/h5,7,9-11H,4,6,8H2,1-3H3,(H,22,29). The van der Waals surface area contributed by atoms with Crippen molar-refractivity contribution in [2.24, 2.45) is 7.05 Å². The predicted octanol–water partition coefficient (Wildman–Crippen LogP) is 2.42. The third-order valence-corrected chi connectivity index (χ3v) is 5.21. The van der Waals surface area contributed by atoms with Crippen LogP contribution in [0.4, 0.5) is 0 Å². The maximum absolute atomic E-state index is 12.5. The molecule has 0 fully saturated rings. The summed E-state index contributed by atoms with van der Waals surface area (Å²) in [5.41, 5.74) is 4.52. The summed E-state index contributed by atoms with van der Waals surface area (Å²) < 4.78 is 5.25. The molecule has 4 aromatic heterocycles. The van der Waals surface area contributed by atoms with E-state index in [9.17, 15) is 4.79 Å². The zero-order valence-electron chi connectivity index (χ0n) is 16.4. The number of nitrogens with zero attached hydrogens (tertiary/aromatic N) is 7. The van der Waals surface area contributed by atoms with Crippen LogP contribution in [0.1, 0.15) is 28.3 Å². The lowest BCUT2D eigenvalue weighted by Crippen LogP contribution is -2.25. The lowest BCUT2D eigenvalue weighted by atomic mass is 10.2. The van der Waals surface area contributed by atoms with Gasteiger partial charge in [0.05, 0.1) is 22.6 Å². The molecule has 9 nitrogen and oxygen atoms in total. The summed E-state index contributed by atoms with van der Waals surface area (Å²) in [7, 11) is 1.89. The van der Waals surface area contributed by atoms with E-state index < -0.39 is 0 Å². The molecule has 0 atom stereocenters. The Hall–Kier alpha value is -3.20. The third kappa shape index (κ3) is 3.73. The summed E-state index contributed by atoms with van der Waals surface area (Å²) in [5, 5.41) is 16.6. The molecule has 0 saturated heterocycles. The number of amides is 1. The highest BCUT2D eigenvalue weighted by Crippen LogP contribution is 2.23. The lowest BCUT2D eigenvalue weighted by Gasteiger charge is -2.04. The van der Waals surface area contributed by atoms with E-state index in [0.29, 0.717) is 29.5 Å². The molecule has 29 heavy (non-hydrogen) atoms. The van der Waals surface area contributed by atoms with Crippen LogP contribution in [-0.4, -0.2) is 46.6 Å². The molecule has 0 aliphatic rings. The minimum Gasteiger partial charge on any atom is -0.351 e. The van der Waals surface area contributed by atoms with Crippen molar-refractivity contribution in [1.82, 2.24) is 39.5 Å². The molecule has 0 aromatic carbocycles. The van der Waals surface area contributed by atoms with Gasteiger partial charge in [0.1, 0.15) is 0 Å². The van der Waals surface area contributed by atoms with Crippen molar-refractivity contribution in [2.45, 2.75) is 26.8 Å². The largest absolute Gasteiger partial charge is 0.351 e. The van der Waals surface area contributed by atoms with E-state index in [1.54, 1.807) is 38.5 Å². The fourth-order valence-corrected chi connectivity index (χ4v) is 3.25. The zero-order valence-corrected chi connectivity index (χ0v) is 17.2. The molecule has 4 rings (SSSR count). The van der Waals surface area contributed by atoms with Gasteiger partial charge in [-0.15, -0.1) is 0 Å². The second-order valence-electron chi connectivity index (χ2n) is 6.83. The van der Waals surface area contributed by atoms with Crippen molar-refractivity contribution in [1.29, 1.82) is 0 Å². The monoisotopic (exact) mass is 412 g/mol. The number of hydrogen-bond donors (Lipinski definition) is 1. The normalized spacial score (nSPS) is 11.3. The van der Waals surface area contributed by atoms with Crippen molar-refractivity contribution < 1.29 is 4.79 Å². The molecule has 4 heterocycles. The first-order chi connectivity index (χ1) is 13.9. The molecule has 10 heteroatoms. The van der Waals surface area contributed by atoms with E-state index in [4.69, 9.17) is 11.6 Å². The topological polar surface area (TPSA) is 94.9 Å². The number of rotatable bonds is 6. The third-order valence-electron chi connectivity index (χ3n) is 4.84. The van der Waals surface area contributed by atoms with Crippen LogP contribution in [-0.2, 0) is 13.6 Å². The average Bonchev–Trinajstić information content (AvgIpc) is 3.37. The predicted molar refractivity (Wildman–Crippen MR) is 109 cm³/mol. The molecule has 0 spiro atoms. The highest BCUT2D eigenvalue weighted by atomic mass is 35.5. The Kier molecular flexibility index (Phi) is 5.06. The summed E-state index contributed by atoms with van der Waals surface area (Å²) in [5.74, 6) is -0.237. The Morgan fingerprint density at radius 3 is 2.79 bits per heavy atom. The molecule has 0 bridgehead atoms. The van der Waals surface area contributed by atoms with Crippen LogP contribution in [0.15, 0.2) is 30.7 Å². The molecule has 0 unspecified atom stereocenters. The molecule has 4 aromatic rings. The first-order valence-corrected chi connectivity index (χ1v) is 9.63. The van der Waals surface area contributed by atoms with Crippen LogP contribution in [0.2, 0.25) is 5.02 Å². The Bertz CT molecular complexity index is 1170. The van der Waals surface area contributed by atoms with Crippen molar-refractivity contribution in [3.8, 4) is 11.3 Å². The minimum absolute atomic E-state index is 0.237. The van der Waals surface area contributed by atoms with Gasteiger partial charge in [-0.25, -0.2) is 9.50 Å². The van der Waals surface area contributed by atoms with Crippen molar-refractivity contribution in [3.63, 3.8) is 0 Å². The fraction of sp³-hybridized carbons (Fsp3) is 0.316. The van der Waals surface area contributed by atoms with Gasteiger partial charge in [0.25, 0.3) is 5.91 Å². The minimum atomic E-state index is -0.237. The molecule has 0 aliphatic heterocycles. The van der Waals surface area contributed by atoms with E-state index in [1.807, 2.05) is 27.0 Å². The van der Waals surface area contributed by atoms with Crippen LogP contribution in [0, 0.1) is 13.8 Å². The van der Waals surface area contributed by atoms with Crippen LogP contribution in [0.3, 0.4) is 0 Å². The van der Waals surface area contributed by atoms with Gasteiger partial charge in [-0.3, -0.25) is 14.2 Å². The van der Waals surface area contributed by atoms with Gasteiger partial charge in [-0.2, -0.15) is 15.3 Å². The van der Waals surface area contributed by atoms with Gasteiger partial charge in [0.15, 0.2) is 11.3 Å². The molecule has 0 radical (unpaired) electrons. The number of carbonyl (C=O) groups is 1. The summed E-state index contributed by atoms with van der Waals surface area (Å²) >= 11 is 6.00. The zero-order chi connectivity index (χ0) is 20.5. The summed E-state index contributed by atoms with van der Waals surface area (Å²) in [4.78, 5) is 16.9. The quantitative estimate of drug-likeness (QED) is 0.491. The number of hydrogen-bond acceptors (Lipinski definition) is 5. The van der Waals surface area contributed by atoms with Gasteiger partial charge in [-0.1, -0.05) is 11.6 Å². The van der Waals surface area contributed by atoms with Gasteiger partial charge in [-0.05, 0) is 26.3 Å². The van der Waals surface area contributed by atoms with Crippen molar-refractivity contribution in [3.05, 3.63) is 52.8 Å². The summed E-state index contributed by atoms with van der Waals surface area (Å²) in [6.07, 6.45) is 6.01. The second kappa shape index (κ2) is 7.67. The van der Waals surface area contributed by atoms with Gasteiger partial charge < -0.3 is 5.32 Å². The maximum atomic E-state index is 12.5. The number of fused-ring (bicyclic) bond motifs is 1.